The van der Waals surface area contributed by atoms with E-state index < -0.39 is 11.0 Å². The van der Waals surface area contributed by atoms with Crippen molar-refractivity contribution in [3.05, 3.63) is 22.2 Å². The molecule has 0 radical (unpaired) electrons. The molecule has 1 heterocycles. The molecule has 0 saturated heterocycles. The number of hydrazine groups is 1. The molecule has 0 aliphatic heterocycles. The van der Waals surface area contributed by atoms with Gasteiger partial charge in [-0.2, -0.15) is 0 Å². The molecule has 8 nitrogen and oxygen atoms in total. The molecule has 0 saturated carbocycles. The van der Waals surface area contributed by atoms with Crippen molar-refractivity contribution in [3.63, 3.8) is 0 Å². The van der Waals surface area contributed by atoms with Gasteiger partial charge in [-0.15, -0.1) is 0 Å². The van der Waals surface area contributed by atoms with E-state index in [0.717, 1.165) is 0 Å². The third-order valence-corrected chi connectivity index (χ3v) is 2.43. The standard InChI is InChI=1S/C10H17N5O3/c1-7(16)3-4-14(2)10-6-8(15(17)18)5-9(12-10)13-11/h5-7,16H,3-4,11H2,1-2H3,(H,12,13). The molecule has 4 N–H and O–H groups in total. The first kappa shape index (κ1) is 14.1. The maximum atomic E-state index is 10.8. The van der Waals surface area contributed by atoms with Gasteiger partial charge in [-0.05, 0) is 13.3 Å². The van der Waals surface area contributed by atoms with Gasteiger partial charge < -0.3 is 15.4 Å². The minimum absolute atomic E-state index is 0.0863. The summed E-state index contributed by atoms with van der Waals surface area (Å²) in [4.78, 5) is 16.1. The highest BCUT2D eigenvalue weighted by atomic mass is 16.6. The number of nitrogen functional groups attached to an aromatic ring is 1. The Morgan fingerprint density at radius 1 is 1.67 bits per heavy atom. The number of nitrogens with two attached hydrogens (primary N) is 1. The van der Waals surface area contributed by atoms with Gasteiger partial charge in [0.15, 0.2) is 0 Å². The molecule has 0 aromatic carbocycles. The van der Waals surface area contributed by atoms with Gasteiger partial charge in [-0.1, -0.05) is 0 Å². The summed E-state index contributed by atoms with van der Waals surface area (Å²) in [5, 5.41) is 20.0. The van der Waals surface area contributed by atoms with Crippen molar-refractivity contribution in [2.24, 2.45) is 5.84 Å². The lowest BCUT2D eigenvalue weighted by molar-refractivity contribution is -0.384. The molecule has 1 aromatic rings. The average molecular weight is 255 g/mol. The van der Waals surface area contributed by atoms with Gasteiger partial charge in [0.05, 0.1) is 23.2 Å². The Kier molecular flexibility index (Phi) is 4.81. The van der Waals surface area contributed by atoms with E-state index in [1.165, 1.54) is 12.1 Å². The molecule has 0 amide bonds. The highest BCUT2D eigenvalue weighted by Crippen LogP contribution is 2.22. The van der Waals surface area contributed by atoms with Crippen LogP contribution in [0.25, 0.3) is 0 Å². The van der Waals surface area contributed by atoms with Gasteiger partial charge in [0.2, 0.25) is 0 Å². The molecule has 0 aliphatic carbocycles. The number of anilines is 2. The topological polar surface area (TPSA) is 118 Å². The average Bonchev–Trinajstić information content (AvgIpc) is 2.35. The second kappa shape index (κ2) is 6.12. The van der Waals surface area contributed by atoms with E-state index in [1.54, 1.807) is 18.9 Å². The predicted octanol–water partition coefficient (Wildman–Crippen LogP) is 0.482. The van der Waals surface area contributed by atoms with E-state index in [1.807, 2.05) is 0 Å². The number of hydrogen-bond donors (Lipinski definition) is 3. The van der Waals surface area contributed by atoms with Crippen LogP contribution in [0, 0.1) is 10.1 Å². The second-order valence-corrected chi connectivity index (χ2v) is 4.03. The molecule has 0 bridgehead atoms. The Morgan fingerprint density at radius 2 is 2.33 bits per heavy atom. The fraction of sp³-hybridized carbons (Fsp3) is 0.500. The van der Waals surface area contributed by atoms with Crippen molar-refractivity contribution in [3.8, 4) is 0 Å². The SMILES string of the molecule is CC(O)CCN(C)c1cc([N+](=O)[O-])cc(NN)n1. The number of pyridine rings is 1. The Hall–Kier alpha value is -1.93. The first-order valence-electron chi connectivity index (χ1n) is 5.46. The maximum absolute atomic E-state index is 10.8. The number of aliphatic hydroxyl groups is 1. The highest BCUT2D eigenvalue weighted by molar-refractivity contribution is 5.55. The van der Waals surface area contributed by atoms with E-state index in [4.69, 9.17) is 5.84 Å². The van der Waals surface area contributed by atoms with Gasteiger partial charge in [0.25, 0.3) is 5.69 Å². The fourth-order valence-electron chi connectivity index (χ4n) is 1.37. The number of aliphatic hydroxyl groups excluding tert-OH is 1. The van der Waals surface area contributed by atoms with Crippen LogP contribution in [0.4, 0.5) is 17.3 Å². The van der Waals surface area contributed by atoms with Gasteiger partial charge in [-0.3, -0.25) is 10.1 Å². The Labute approximate surface area is 105 Å². The normalized spacial score (nSPS) is 12.0. The molecule has 100 valence electrons. The van der Waals surface area contributed by atoms with Gasteiger partial charge in [-0.25, -0.2) is 10.8 Å². The first-order valence-corrected chi connectivity index (χ1v) is 5.46. The highest BCUT2D eigenvalue weighted by Gasteiger charge is 2.13. The van der Waals surface area contributed by atoms with Crippen molar-refractivity contribution >= 4 is 17.3 Å². The monoisotopic (exact) mass is 255 g/mol. The molecule has 0 fully saturated rings. The van der Waals surface area contributed by atoms with Crippen LogP contribution < -0.4 is 16.2 Å². The smallest absolute Gasteiger partial charge is 0.276 e. The van der Waals surface area contributed by atoms with Crippen LogP contribution in [0.2, 0.25) is 0 Å². The molecule has 1 aromatic heterocycles. The van der Waals surface area contributed by atoms with Crippen LogP contribution in [0.15, 0.2) is 12.1 Å². The maximum Gasteiger partial charge on any atom is 0.276 e. The molecular weight excluding hydrogens is 238 g/mol. The summed E-state index contributed by atoms with van der Waals surface area (Å²) in [7, 11) is 1.74. The summed E-state index contributed by atoms with van der Waals surface area (Å²) in [6.45, 7) is 2.22. The first-order chi connectivity index (χ1) is 8.43. The van der Waals surface area contributed by atoms with Crippen molar-refractivity contribution in [1.82, 2.24) is 4.98 Å². The number of rotatable bonds is 6. The summed E-state index contributed by atoms with van der Waals surface area (Å²) in [5.74, 6) is 5.87. The van der Waals surface area contributed by atoms with Crippen LogP contribution in [-0.4, -0.2) is 34.7 Å². The van der Waals surface area contributed by atoms with Crippen molar-refractivity contribution in [2.75, 3.05) is 23.9 Å². The lowest BCUT2D eigenvalue weighted by Crippen LogP contribution is -2.23. The summed E-state index contributed by atoms with van der Waals surface area (Å²) >= 11 is 0. The zero-order valence-electron chi connectivity index (χ0n) is 10.3. The minimum atomic E-state index is -0.505. The predicted molar refractivity (Wildman–Crippen MR) is 68.3 cm³/mol. The minimum Gasteiger partial charge on any atom is -0.393 e. The summed E-state index contributed by atoms with van der Waals surface area (Å²) < 4.78 is 0. The zero-order valence-corrected chi connectivity index (χ0v) is 10.3. The molecular formula is C10H17N5O3. The molecule has 1 atom stereocenters. The lowest BCUT2D eigenvalue weighted by Gasteiger charge is -2.19. The van der Waals surface area contributed by atoms with E-state index in [-0.39, 0.29) is 11.5 Å². The van der Waals surface area contributed by atoms with E-state index >= 15 is 0 Å². The van der Waals surface area contributed by atoms with Gasteiger partial charge >= 0.3 is 0 Å². The van der Waals surface area contributed by atoms with E-state index in [9.17, 15) is 15.2 Å². The summed E-state index contributed by atoms with van der Waals surface area (Å²) in [6.07, 6.45) is 0.116. The van der Waals surface area contributed by atoms with Crippen LogP contribution in [0.1, 0.15) is 13.3 Å². The van der Waals surface area contributed by atoms with E-state index in [0.29, 0.717) is 18.8 Å². The van der Waals surface area contributed by atoms with E-state index in [2.05, 4.69) is 10.4 Å². The number of nitrogens with one attached hydrogen (secondary N) is 1. The number of nitro groups is 1. The Bertz CT molecular complexity index is 424. The Morgan fingerprint density at radius 3 is 2.83 bits per heavy atom. The number of nitrogens with zero attached hydrogens (tertiary/aromatic N) is 3. The van der Waals surface area contributed by atoms with Gasteiger partial charge in [0.1, 0.15) is 11.6 Å². The summed E-state index contributed by atoms with van der Waals surface area (Å²) in [6, 6.07) is 2.62. The fourth-order valence-corrected chi connectivity index (χ4v) is 1.37. The van der Waals surface area contributed by atoms with Gasteiger partial charge in [0, 0.05) is 13.6 Å². The number of aromatic nitrogens is 1. The molecule has 18 heavy (non-hydrogen) atoms. The Balaban J connectivity index is 2.93. The number of hydrogen-bond acceptors (Lipinski definition) is 7. The van der Waals surface area contributed by atoms with Crippen LogP contribution in [0.3, 0.4) is 0 Å². The van der Waals surface area contributed by atoms with Crippen LogP contribution in [0.5, 0.6) is 0 Å². The van der Waals surface area contributed by atoms with Crippen molar-refractivity contribution < 1.29 is 10.0 Å². The largest absolute Gasteiger partial charge is 0.393 e. The molecule has 0 spiro atoms. The lowest BCUT2D eigenvalue weighted by atomic mass is 10.2. The van der Waals surface area contributed by atoms with Crippen molar-refractivity contribution in [1.29, 1.82) is 0 Å². The third kappa shape index (κ3) is 3.82. The van der Waals surface area contributed by atoms with Crippen LogP contribution >= 0.6 is 0 Å². The molecule has 1 rings (SSSR count). The quantitative estimate of drug-likeness (QED) is 0.384. The zero-order chi connectivity index (χ0) is 13.7. The second-order valence-electron chi connectivity index (χ2n) is 4.03. The molecule has 8 heteroatoms. The van der Waals surface area contributed by atoms with Crippen LogP contribution in [-0.2, 0) is 0 Å². The summed E-state index contributed by atoms with van der Waals surface area (Å²) in [5.41, 5.74) is 2.20. The molecule has 1 unspecified atom stereocenters. The molecule has 0 aliphatic rings. The van der Waals surface area contributed by atoms with Crippen molar-refractivity contribution in [2.45, 2.75) is 19.4 Å². The third-order valence-electron chi connectivity index (χ3n) is 2.43.